The summed E-state index contributed by atoms with van der Waals surface area (Å²) >= 11 is 0. The fourth-order valence-electron chi connectivity index (χ4n) is 2.39. The number of nitrogens with one attached hydrogen (secondary N) is 2. The molecule has 0 radical (unpaired) electrons. The molecule has 3 rings (SSSR count). The number of para-hydroxylation sites is 1. The molecule has 2 aromatic carbocycles. The lowest BCUT2D eigenvalue weighted by Gasteiger charge is -2.09. The van der Waals surface area contributed by atoms with Crippen molar-refractivity contribution in [3.8, 4) is 11.5 Å². The number of anilines is 3. The topological polar surface area (TPSA) is 72.5 Å². The van der Waals surface area contributed by atoms with E-state index in [0.29, 0.717) is 12.4 Å². The zero-order valence-corrected chi connectivity index (χ0v) is 15.0. The zero-order chi connectivity index (χ0) is 18.9. The van der Waals surface area contributed by atoms with Gasteiger partial charge in [-0.1, -0.05) is 24.3 Å². The van der Waals surface area contributed by atoms with Crippen LogP contribution in [0.15, 0.2) is 72.9 Å². The average molecular weight is 363 g/mol. The summed E-state index contributed by atoms with van der Waals surface area (Å²) < 4.78 is 10.7. The second-order valence-electron chi connectivity index (χ2n) is 5.75. The Labute approximate surface area is 158 Å². The molecule has 0 aliphatic rings. The molecule has 0 aliphatic carbocycles. The Kier molecular flexibility index (Phi) is 6.25. The smallest absolute Gasteiger partial charge is 0.228 e. The maximum absolute atomic E-state index is 12.0. The number of rotatable bonds is 8. The van der Waals surface area contributed by atoms with Crippen LogP contribution in [0, 0.1) is 0 Å². The number of methoxy groups -OCH3 is 1. The highest BCUT2D eigenvalue weighted by Crippen LogP contribution is 2.21. The summed E-state index contributed by atoms with van der Waals surface area (Å²) in [6.07, 6.45) is 1.91. The van der Waals surface area contributed by atoms with Gasteiger partial charge in [0.05, 0.1) is 32.0 Å². The number of hydrogen-bond donors (Lipinski definition) is 2. The molecule has 0 bridgehead atoms. The molecule has 0 saturated carbocycles. The first-order valence-electron chi connectivity index (χ1n) is 8.58. The third kappa shape index (κ3) is 5.74. The van der Waals surface area contributed by atoms with E-state index in [2.05, 4.69) is 15.6 Å². The van der Waals surface area contributed by atoms with Gasteiger partial charge in [-0.15, -0.1) is 0 Å². The lowest BCUT2D eigenvalue weighted by atomic mass is 10.3. The second kappa shape index (κ2) is 9.24. The van der Waals surface area contributed by atoms with Gasteiger partial charge < -0.3 is 20.1 Å². The first-order valence-corrected chi connectivity index (χ1v) is 8.58. The lowest BCUT2D eigenvalue weighted by Crippen LogP contribution is -2.15. The number of ether oxygens (including phenoxy) is 2. The summed E-state index contributed by atoms with van der Waals surface area (Å²) in [5.74, 6) is 1.87. The number of hydrogen-bond acceptors (Lipinski definition) is 5. The fourth-order valence-corrected chi connectivity index (χ4v) is 2.39. The Hall–Kier alpha value is -3.54. The van der Waals surface area contributed by atoms with Gasteiger partial charge in [0.1, 0.15) is 17.3 Å². The maximum Gasteiger partial charge on any atom is 0.228 e. The van der Waals surface area contributed by atoms with Crippen LogP contribution in [0.2, 0.25) is 0 Å². The molecule has 2 N–H and O–H groups in total. The number of carbonyl (C=O) groups is 1. The summed E-state index contributed by atoms with van der Waals surface area (Å²) in [4.78, 5) is 16.2. The summed E-state index contributed by atoms with van der Waals surface area (Å²) in [5.41, 5.74) is 1.71. The number of pyridine rings is 1. The van der Waals surface area contributed by atoms with Crippen molar-refractivity contribution in [3.63, 3.8) is 0 Å². The lowest BCUT2D eigenvalue weighted by molar-refractivity contribution is -0.116. The Morgan fingerprint density at radius 3 is 2.52 bits per heavy atom. The minimum Gasteiger partial charge on any atom is -0.497 e. The van der Waals surface area contributed by atoms with Crippen molar-refractivity contribution in [2.45, 2.75) is 6.42 Å². The van der Waals surface area contributed by atoms with Crippen LogP contribution < -0.4 is 20.1 Å². The predicted molar refractivity (Wildman–Crippen MR) is 106 cm³/mol. The van der Waals surface area contributed by atoms with Crippen molar-refractivity contribution in [1.29, 1.82) is 0 Å². The van der Waals surface area contributed by atoms with E-state index in [1.165, 1.54) is 0 Å². The number of amides is 1. The third-order valence-corrected chi connectivity index (χ3v) is 3.73. The molecule has 27 heavy (non-hydrogen) atoms. The van der Waals surface area contributed by atoms with Crippen molar-refractivity contribution in [3.05, 3.63) is 72.9 Å². The molecule has 1 amide bonds. The van der Waals surface area contributed by atoms with Gasteiger partial charge in [-0.2, -0.15) is 0 Å². The van der Waals surface area contributed by atoms with Crippen LogP contribution in [-0.2, 0) is 4.79 Å². The van der Waals surface area contributed by atoms with Crippen LogP contribution in [0.3, 0.4) is 0 Å². The van der Waals surface area contributed by atoms with E-state index >= 15 is 0 Å². The maximum atomic E-state index is 12.0. The molecule has 0 atom stereocenters. The van der Waals surface area contributed by atoms with E-state index in [-0.39, 0.29) is 12.3 Å². The third-order valence-electron chi connectivity index (χ3n) is 3.73. The number of carbonyl (C=O) groups excluding carboxylic acids is 1. The van der Waals surface area contributed by atoms with Crippen LogP contribution in [0.5, 0.6) is 11.5 Å². The minimum absolute atomic E-state index is 0.146. The van der Waals surface area contributed by atoms with Crippen LogP contribution in [-0.4, -0.2) is 24.6 Å². The van der Waals surface area contributed by atoms with Crippen LogP contribution in [0.4, 0.5) is 17.2 Å². The van der Waals surface area contributed by atoms with Gasteiger partial charge in [-0.3, -0.25) is 4.79 Å². The first-order chi connectivity index (χ1) is 13.2. The normalized spacial score (nSPS) is 10.1. The Morgan fingerprint density at radius 2 is 1.78 bits per heavy atom. The molecule has 3 aromatic rings. The molecule has 6 heteroatoms. The summed E-state index contributed by atoms with van der Waals surface area (Å²) in [6.45, 7) is 0.311. The van der Waals surface area contributed by atoms with Crippen molar-refractivity contribution in [1.82, 2.24) is 4.98 Å². The highest BCUT2D eigenvalue weighted by Gasteiger charge is 2.05. The van der Waals surface area contributed by atoms with E-state index in [4.69, 9.17) is 9.47 Å². The van der Waals surface area contributed by atoms with E-state index in [1.807, 2.05) is 60.7 Å². The van der Waals surface area contributed by atoms with Crippen LogP contribution in [0.25, 0.3) is 0 Å². The predicted octanol–water partition coefficient (Wildman–Crippen LogP) is 4.24. The van der Waals surface area contributed by atoms with Gasteiger partial charge in [0, 0.05) is 11.8 Å². The van der Waals surface area contributed by atoms with Gasteiger partial charge in [-0.25, -0.2) is 4.98 Å². The SMILES string of the molecule is COc1cccc(Nc2ccc(NC(=O)CCOc3ccccc3)nc2)c1. The number of nitrogens with zero attached hydrogens (tertiary/aromatic N) is 1. The number of aromatic nitrogens is 1. The van der Waals surface area contributed by atoms with E-state index in [1.54, 1.807) is 19.4 Å². The minimum atomic E-state index is -0.146. The molecule has 0 aliphatic heterocycles. The molecular weight excluding hydrogens is 342 g/mol. The van der Waals surface area contributed by atoms with E-state index in [9.17, 15) is 4.79 Å². The van der Waals surface area contributed by atoms with Crippen molar-refractivity contribution >= 4 is 23.1 Å². The molecule has 0 unspecified atom stereocenters. The molecule has 0 spiro atoms. The molecular formula is C21H21N3O3. The van der Waals surface area contributed by atoms with Crippen LogP contribution in [0.1, 0.15) is 6.42 Å². The van der Waals surface area contributed by atoms with E-state index in [0.717, 1.165) is 22.9 Å². The van der Waals surface area contributed by atoms with Crippen LogP contribution >= 0.6 is 0 Å². The van der Waals surface area contributed by atoms with Gasteiger partial charge >= 0.3 is 0 Å². The van der Waals surface area contributed by atoms with Gasteiger partial charge in [0.15, 0.2) is 0 Å². The molecule has 1 aromatic heterocycles. The molecule has 1 heterocycles. The van der Waals surface area contributed by atoms with E-state index < -0.39 is 0 Å². The molecule has 6 nitrogen and oxygen atoms in total. The zero-order valence-electron chi connectivity index (χ0n) is 15.0. The quantitative estimate of drug-likeness (QED) is 0.626. The van der Waals surface area contributed by atoms with Crippen molar-refractivity contribution in [2.24, 2.45) is 0 Å². The van der Waals surface area contributed by atoms with Crippen molar-refractivity contribution in [2.75, 3.05) is 24.4 Å². The largest absolute Gasteiger partial charge is 0.497 e. The fraction of sp³-hybridized carbons (Fsp3) is 0.143. The standard InChI is InChI=1S/C21H21N3O3/c1-26-19-9-5-6-16(14-19)23-17-10-11-20(22-15-17)24-21(25)12-13-27-18-7-3-2-4-8-18/h2-11,14-15,23H,12-13H2,1H3,(H,22,24,25). The Bertz CT molecular complexity index is 867. The number of benzene rings is 2. The van der Waals surface area contributed by atoms with Gasteiger partial charge in [0.25, 0.3) is 0 Å². The molecule has 0 fully saturated rings. The summed E-state index contributed by atoms with van der Waals surface area (Å²) in [7, 11) is 1.63. The average Bonchev–Trinajstić information content (AvgIpc) is 2.70. The monoisotopic (exact) mass is 363 g/mol. The molecule has 0 saturated heterocycles. The highest BCUT2D eigenvalue weighted by atomic mass is 16.5. The second-order valence-corrected chi connectivity index (χ2v) is 5.75. The summed E-state index contributed by atoms with van der Waals surface area (Å²) in [5, 5.41) is 6.00. The van der Waals surface area contributed by atoms with Gasteiger partial charge in [-0.05, 0) is 36.4 Å². The molecule has 138 valence electrons. The Morgan fingerprint density at radius 1 is 0.963 bits per heavy atom. The Balaban J connectivity index is 1.47. The summed E-state index contributed by atoms with van der Waals surface area (Å²) in [6, 6.07) is 20.6. The van der Waals surface area contributed by atoms with Gasteiger partial charge in [0.2, 0.25) is 5.91 Å². The van der Waals surface area contributed by atoms with Crippen molar-refractivity contribution < 1.29 is 14.3 Å². The first kappa shape index (κ1) is 18.3. The highest BCUT2D eigenvalue weighted by molar-refractivity contribution is 5.89.